The third-order valence-corrected chi connectivity index (χ3v) is 11.8. The van der Waals surface area contributed by atoms with Crippen molar-refractivity contribution in [1.29, 1.82) is 0 Å². The Morgan fingerprint density at radius 2 is 1.69 bits per heavy atom. The molecular formula is C30H36O9. The monoisotopic (exact) mass is 540 g/mol. The fraction of sp³-hybridized carbons (Fsp3) is 0.733. The fourth-order valence-electron chi connectivity index (χ4n) is 10.8. The van der Waals surface area contributed by atoms with Gasteiger partial charge in [-0.3, -0.25) is 19.2 Å². The normalized spacial score (nSPS) is 50.4. The van der Waals surface area contributed by atoms with Crippen LogP contribution in [0.15, 0.2) is 23.0 Å². The highest BCUT2D eigenvalue weighted by molar-refractivity contribution is 5.92. The van der Waals surface area contributed by atoms with Gasteiger partial charge in [-0.15, -0.1) is 0 Å². The van der Waals surface area contributed by atoms with Crippen molar-refractivity contribution >= 4 is 23.5 Å². The van der Waals surface area contributed by atoms with Crippen molar-refractivity contribution in [3.05, 3.63) is 24.2 Å². The third kappa shape index (κ3) is 2.69. The van der Waals surface area contributed by atoms with Crippen molar-refractivity contribution in [2.45, 2.75) is 109 Å². The van der Waals surface area contributed by atoms with Crippen molar-refractivity contribution in [3.63, 3.8) is 0 Å². The molecule has 6 fully saturated rings. The van der Waals surface area contributed by atoms with E-state index in [-0.39, 0.29) is 48.8 Å². The largest absolute Gasteiger partial charge is 0.472 e. The molecule has 3 heterocycles. The number of rotatable bonds is 3. The molecule has 0 unspecified atom stereocenters. The van der Waals surface area contributed by atoms with Gasteiger partial charge in [0.2, 0.25) is 0 Å². The zero-order valence-corrected chi connectivity index (χ0v) is 23.3. The Hall–Kier alpha value is -2.52. The Morgan fingerprint density at radius 3 is 2.33 bits per heavy atom. The number of hydrogen-bond acceptors (Lipinski definition) is 9. The second kappa shape index (κ2) is 7.40. The second-order valence-electron chi connectivity index (χ2n) is 13.7. The van der Waals surface area contributed by atoms with Crippen molar-refractivity contribution < 1.29 is 42.5 Å². The molecule has 210 valence electrons. The summed E-state index contributed by atoms with van der Waals surface area (Å²) in [6.45, 7) is 10.6. The van der Waals surface area contributed by atoms with E-state index in [4.69, 9.17) is 23.4 Å². The van der Waals surface area contributed by atoms with E-state index in [1.54, 1.807) is 12.5 Å². The van der Waals surface area contributed by atoms with Gasteiger partial charge in [0.15, 0.2) is 0 Å². The van der Waals surface area contributed by atoms with Gasteiger partial charge in [0.1, 0.15) is 29.4 Å². The van der Waals surface area contributed by atoms with Gasteiger partial charge in [-0.1, -0.05) is 6.92 Å². The van der Waals surface area contributed by atoms with Gasteiger partial charge in [0.05, 0.1) is 35.8 Å². The summed E-state index contributed by atoms with van der Waals surface area (Å²) in [4.78, 5) is 53.3. The molecule has 6 aliphatic rings. The van der Waals surface area contributed by atoms with Gasteiger partial charge in [-0.2, -0.15) is 0 Å². The molecule has 1 aromatic rings. The number of furan rings is 1. The lowest BCUT2D eigenvalue weighted by atomic mass is 9.37. The molecule has 0 bridgehead atoms. The molecule has 9 nitrogen and oxygen atoms in total. The van der Waals surface area contributed by atoms with Crippen LogP contribution in [0, 0.1) is 28.1 Å². The first-order valence-electron chi connectivity index (χ1n) is 14.0. The number of epoxide rings is 1. The van der Waals surface area contributed by atoms with Gasteiger partial charge in [0, 0.05) is 61.7 Å². The van der Waals surface area contributed by atoms with Crippen molar-refractivity contribution in [3.8, 4) is 0 Å². The van der Waals surface area contributed by atoms with Crippen LogP contribution in [0.25, 0.3) is 0 Å². The number of carbonyl (C=O) groups excluding carboxylic acids is 4. The maximum atomic E-state index is 14.6. The van der Waals surface area contributed by atoms with E-state index in [9.17, 15) is 19.2 Å². The molecule has 2 aliphatic heterocycles. The Bertz CT molecular complexity index is 1300. The molecule has 0 radical (unpaired) electrons. The standard InChI is InChI=1S/C30H36O9/c1-14(31)36-23-24-28(6,20(34)11-19-26(3,4)38-21-9-17(33)12-29(19,21)24)30-22(39-30)10-18(16-7-8-35-13-16)27(30,5)25(23)37-15(2)32/h7-8,13,18-19,21-25H,9-12H2,1-6H3/t18-,19-,21-,22+,23+,24-,25-,27+,28+,29+,30-/m0/s1. The Balaban J connectivity index is 1.51. The van der Waals surface area contributed by atoms with Crippen LogP contribution in [0.1, 0.15) is 78.7 Å². The van der Waals surface area contributed by atoms with E-state index in [1.165, 1.54) is 13.8 Å². The smallest absolute Gasteiger partial charge is 0.303 e. The molecule has 2 saturated heterocycles. The molecule has 4 aliphatic carbocycles. The molecular weight excluding hydrogens is 504 g/mol. The molecule has 9 heteroatoms. The summed E-state index contributed by atoms with van der Waals surface area (Å²) in [5.41, 5.74) is -3.48. The van der Waals surface area contributed by atoms with Crippen molar-refractivity contribution in [2.75, 3.05) is 0 Å². The first-order valence-corrected chi connectivity index (χ1v) is 14.0. The van der Waals surface area contributed by atoms with Crippen LogP contribution in [0.2, 0.25) is 0 Å². The Labute approximate surface area is 227 Å². The lowest BCUT2D eigenvalue weighted by Crippen LogP contribution is -2.77. The predicted molar refractivity (Wildman–Crippen MR) is 133 cm³/mol. The number of ether oxygens (including phenoxy) is 4. The minimum Gasteiger partial charge on any atom is -0.472 e. The molecule has 1 aromatic heterocycles. The van der Waals surface area contributed by atoms with E-state index in [0.29, 0.717) is 6.42 Å². The number of hydrogen-bond donors (Lipinski definition) is 0. The van der Waals surface area contributed by atoms with Crippen LogP contribution >= 0.6 is 0 Å². The van der Waals surface area contributed by atoms with Gasteiger partial charge >= 0.3 is 11.9 Å². The predicted octanol–water partition coefficient (Wildman–Crippen LogP) is 3.53. The molecule has 39 heavy (non-hydrogen) atoms. The maximum absolute atomic E-state index is 14.6. The lowest BCUT2D eigenvalue weighted by Gasteiger charge is -2.66. The molecule has 4 saturated carbocycles. The van der Waals surface area contributed by atoms with Crippen LogP contribution in [0.4, 0.5) is 0 Å². The highest BCUT2D eigenvalue weighted by Crippen LogP contribution is 2.83. The summed E-state index contributed by atoms with van der Waals surface area (Å²) < 4.78 is 31.1. The van der Waals surface area contributed by atoms with E-state index in [2.05, 4.69) is 0 Å². The summed E-state index contributed by atoms with van der Waals surface area (Å²) in [7, 11) is 0. The zero-order chi connectivity index (χ0) is 27.9. The lowest BCUT2D eigenvalue weighted by molar-refractivity contribution is -0.264. The summed E-state index contributed by atoms with van der Waals surface area (Å²) in [5, 5.41) is 0. The van der Waals surface area contributed by atoms with Crippen LogP contribution in [-0.4, -0.2) is 59.1 Å². The number of Topliss-reactive ketones (excluding diaryl/α,β-unsaturated/α-hetero) is 2. The van der Waals surface area contributed by atoms with Gasteiger partial charge in [-0.25, -0.2) is 0 Å². The number of ketones is 2. The molecule has 7 rings (SSSR count). The zero-order valence-electron chi connectivity index (χ0n) is 23.3. The fourth-order valence-corrected chi connectivity index (χ4v) is 10.8. The van der Waals surface area contributed by atoms with Crippen LogP contribution < -0.4 is 0 Å². The molecule has 2 spiro atoms. The summed E-state index contributed by atoms with van der Waals surface area (Å²) in [5.74, 6) is -2.00. The highest BCUT2D eigenvalue weighted by Gasteiger charge is 2.93. The minimum atomic E-state index is -1.11. The summed E-state index contributed by atoms with van der Waals surface area (Å²) in [6.07, 6.45) is 2.06. The topological polar surface area (TPSA) is 122 Å². The SMILES string of the molecule is CC(=O)O[C@@H]1[C@@H]2[C@@]34CC(=O)C[C@@H]3OC(C)(C)[C@@H]4CC(=O)[C@@]2(C)[C@]23O[C@@H]2C[C@@H](c2ccoc2)[C@]3(C)[C@H]1OC(C)=O. The molecule has 0 aromatic carbocycles. The quantitative estimate of drug-likeness (QED) is 0.419. The molecule has 0 N–H and O–H groups in total. The van der Waals surface area contributed by atoms with Crippen molar-refractivity contribution in [2.24, 2.45) is 28.1 Å². The highest BCUT2D eigenvalue weighted by atomic mass is 16.6. The number of carbonyl (C=O) groups is 4. The number of fused-ring (bicyclic) bond motifs is 1. The van der Waals surface area contributed by atoms with Crippen LogP contribution in [0.5, 0.6) is 0 Å². The first kappa shape index (κ1) is 25.4. The average molecular weight is 541 g/mol. The van der Waals surface area contributed by atoms with E-state index < -0.39 is 63.6 Å². The second-order valence-corrected chi connectivity index (χ2v) is 13.7. The maximum Gasteiger partial charge on any atom is 0.303 e. The van der Waals surface area contributed by atoms with Crippen LogP contribution in [0.3, 0.4) is 0 Å². The van der Waals surface area contributed by atoms with Gasteiger partial charge in [-0.05, 0) is 38.8 Å². The third-order valence-electron chi connectivity index (χ3n) is 11.8. The van der Waals surface area contributed by atoms with Gasteiger partial charge in [0.25, 0.3) is 0 Å². The Kier molecular flexibility index (Phi) is 4.83. The Morgan fingerprint density at radius 1 is 0.974 bits per heavy atom. The van der Waals surface area contributed by atoms with Crippen LogP contribution in [-0.2, 0) is 38.1 Å². The van der Waals surface area contributed by atoms with E-state index in [0.717, 1.165) is 5.56 Å². The summed E-state index contributed by atoms with van der Waals surface area (Å²) >= 11 is 0. The molecule has 0 amide bonds. The van der Waals surface area contributed by atoms with E-state index in [1.807, 2.05) is 33.8 Å². The van der Waals surface area contributed by atoms with E-state index >= 15 is 0 Å². The first-order chi connectivity index (χ1) is 18.2. The summed E-state index contributed by atoms with van der Waals surface area (Å²) in [6, 6.07) is 1.89. The number of esters is 2. The average Bonchev–Trinajstić information content (AvgIpc) is 3.09. The van der Waals surface area contributed by atoms with Gasteiger partial charge < -0.3 is 23.4 Å². The molecule has 11 atom stereocenters. The van der Waals surface area contributed by atoms with Crippen molar-refractivity contribution in [1.82, 2.24) is 0 Å². The minimum absolute atomic E-state index is 0.0276.